The third kappa shape index (κ3) is 6.02. The van der Waals surface area contributed by atoms with E-state index in [2.05, 4.69) is 0 Å². The van der Waals surface area contributed by atoms with Crippen LogP contribution in [-0.2, 0) is 22.6 Å². The predicted molar refractivity (Wildman–Crippen MR) is 119 cm³/mol. The van der Waals surface area contributed by atoms with E-state index < -0.39 is 11.9 Å². The molecule has 1 heterocycles. The van der Waals surface area contributed by atoms with E-state index in [1.54, 1.807) is 13.0 Å². The minimum atomic E-state index is -0.792. The first-order valence-electron chi connectivity index (χ1n) is 11.4. The molecule has 1 N–H and O–H groups in total. The second kappa shape index (κ2) is 10.1. The van der Waals surface area contributed by atoms with Crippen LogP contribution >= 0.6 is 0 Å². The van der Waals surface area contributed by atoms with Crippen LogP contribution in [0.4, 0.5) is 0 Å². The van der Waals surface area contributed by atoms with Gasteiger partial charge in [-0.15, -0.1) is 0 Å². The number of ether oxygens (including phenoxy) is 3. The summed E-state index contributed by atoms with van der Waals surface area (Å²) in [5.41, 5.74) is 2.47. The Kier molecular flexibility index (Phi) is 6.98. The number of fused-ring (bicyclic) bond motifs is 1. The van der Waals surface area contributed by atoms with Crippen LogP contribution in [0.5, 0.6) is 11.5 Å². The summed E-state index contributed by atoms with van der Waals surface area (Å²) in [6, 6.07) is 13.1. The van der Waals surface area contributed by atoms with Gasteiger partial charge in [-0.05, 0) is 61.1 Å². The molecule has 0 radical (unpaired) electrons. The lowest BCUT2D eigenvalue weighted by Gasteiger charge is -2.35. The molecule has 2 aromatic rings. The van der Waals surface area contributed by atoms with Gasteiger partial charge in [0.2, 0.25) is 0 Å². The number of hydrogen-bond donors (Lipinski definition) is 1. The highest BCUT2D eigenvalue weighted by Crippen LogP contribution is 2.33. The molecule has 6 heteroatoms. The number of carbonyl (C=O) groups is 2. The van der Waals surface area contributed by atoms with Crippen LogP contribution in [0.25, 0.3) is 0 Å². The Bertz CT molecular complexity index is 958. The molecular weight excluding hydrogens is 408 g/mol. The molecule has 0 amide bonds. The van der Waals surface area contributed by atoms with Gasteiger partial charge in [-0.25, -0.2) is 4.79 Å². The third-order valence-corrected chi connectivity index (χ3v) is 5.85. The van der Waals surface area contributed by atoms with Crippen molar-refractivity contribution in [3.05, 3.63) is 59.2 Å². The van der Waals surface area contributed by atoms with Crippen LogP contribution in [0.15, 0.2) is 42.5 Å². The lowest BCUT2D eigenvalue weighted by atomic mass is 9.83. The highest BCUT2D eigenvalue weighted by atomic mass is 16.5. The Morgan fingerprint density at radius 3 is 2.62 bits per heavy atom. The SMILES string of the molecule is C1CC1.CC(Cc1cccc(OCC2CC(Oc3ccc4c(c3)COC4=O)C2)c1)C(=O)O. The Labute approximate surface area is 188 Å². The summed E-state index contributed by atoms with van der Waals surface area (Å²) in [4.78, 5) is 22.5. The molecule has 1 unspecified atom stereocenters. The summed E-state index contributed by atoms with van der Waals surface area (Å²) in [6.45, 7) is 2.64. The minimum absolute atomic E-state index is 0.155. The van der Waals surface area contributed by atoms with Crippen LogP contribution in [0, 0.1) is 11.8 Å². The Balaban J connectivity index is 0.000000754. The Morgan fingerprint density at radius 2 is 1.91 bits per heavy atom. The average Bonchev–Trinajstić information content (AvgIpc) is 3.59. The zero-order valence-electron chi connectivity index (χ0n) is 18.4. The number of rotatable bonds is 8. The van der Waals surface area contributed by atoms with Gasteiger partial charge in [-0.2, -0.15) is 0 Å². The second-order valence-electron chi connectivity index (χ2n) is 8.93. The molecule has 2 fully saturated rings. The van der Waals surface area contributed by atoms with Gasteiger partial charge in [0.25, 0.3) is 0 Å². The Hall–Kier alpha value is -3.02. The standard InChI is InChI=1S/C23H24O6.C3H6/c1-14(22(24)25)7-15-3-2-4-18(8-15)27-12-16-9-20(10-16)29-19-5-6-21-17(11-19)13-28-23(21)26;1-2-3-1/h2-6,8,11,14,16,20H,7,9-10,12-13H2,1H3,(H,24,25);1-3H2. The number of hydrogen-bond acceptors (Lipinski definition) is 5. The monoisotopic (exact) mass is 438 g/mol. The molecule has 6 nitrogen and oxygen atoms in total. The quantitative estimate of drug-likeness (QED) is 0.583. The molecule has 0 bridgehead atoms. The summed E-state index contributed by atoms with van der Waals surface area (Å²) in [7, 11) is 0. The zero-order valence-corrected chi connectivity index (χ0v) is 18.4. The van der Waals surface area contributed by atoms with Crippen LogP contribution in [-0.4, -0.2) is 29.8 Å². The number of carboxylic acid groups (broad SMARTS) is 1. The molecule has 3 aliphatic rings. The normalized spacial score (nSPS) is 21.2. The van der Waals surface area contributed by atoms with E-state index in [9.17, 15) is 9.59 Å². The summed E-state index contributed by atoms with van der Waals surface area (Å²) < 4.78 is 16.9. The highest BCUT2D eigenvalue weighted by Gasteiger charge is 2.32. The molecule has 5 rings (SSSR count). The number of carboxylic acids is 1. The van der Waals surface area contributed by atoms with Gasteiger partial charge < -0.3 is 19.3 Å². The number of carbonyl (C=O) groups excluding carboxylic acids is 1. The van der Waals surface area contributed by atoms with E-state index in [-0.39, 0.29) is 12.1 Å². The van der Waals surface area contributed by atoms with Crippen LogP contribution in [0.2, 0.25) is 0 Å². The summed E-state index contributed by atoms with van der Waals surface area (Å²) >= 11 is 0. The van der Waals surface area contributed by atoms with Gasteiger partial charge >= 0.3 is 11.9 Å². The van der Waals surface area contributed by atoms with E-state index in [0.29, 0.717) is 31.1 Å². The molecule has 1 atom stereocenters. The number of benzene rings is 2. The van der Waals surface area contributed by atoms with Gasteiger partial charge in [0.05, 0.1) is 24.2 Å². The molecule has 0 saturated heterocycles. The molecule has 32 heavy (non-hydrogen) atoms. The number of aliphatic carboxylic acids is 1. The first kappa shape index (κ1) is 22.2. The third-order valence-electron chi connectivity index (χ3n) is 5.85. The van der Waals surface area contributed by atoms with Crippen molar-refractivity contribution >= 4 is 11.9 Å². The molecule has 0 spiro atoms. The highest BCUT2D eigenvalue weighted by molar-refractivity contribution is 5.93. The van der Waals surface area contributed by atoms with Crippen molar-refractivity contribution in [2.24, 2.45) is 11.8 Å². The topological polar surface area (TPSA) is 82.1 Å². The van der Waals surface area contributed by atoms with Crippen molar-refractivity contribution in [1.29, 1.82) is 0 Å². The van der Waals surface area contributed by atoms with Crippen LogP contribution < -0.4 is 9.47 Å². The summed E-state index contributed by atoms with van der Waals surface area (Å²) in [5, 5.41) is 9.05. The molecule has 0 aromatic heterocycles. The van der Waals surface area contributed by atoms with E-state index in [1.807, 2.05) is 36.4 Å². The van der Waals surface area contributed by atoms with E-state index in [0.717, 1.165) is 35.5 Å². The number of cyclic esters (lactones) is 1. The van der Waals surface area contributed by atoms with Gasteiger partial charge in [-0.1, -0.05) is 38.3 Å². The smallest absolute Gasteiger partial charge is 0.338 e. The van der Waals surface area contributed by atoms with Gasteiger partial charge in [0.1, 0.15) is 18.1 Å². The fourth-order valence-corrected chi connectivity index (χ4v) is 3.70. The lowest BCUT2D eigenvalue weighted by Crippen LogP contribution is -2.37. The van der Waals surface area contributed by atoms with E-state index in [1.165, 1.54) is 19.3 Å². The Morgan fingerprint density at radius 1 is 1.12 bits per heavy atom. The van der Waals surface area contributed by atoms with Crippen molar-refractivity contribution in [3.63, 3.8) is 0 Å². The molecule has 170 valence electrons. The first-order valence-corrected chi connectivity index (χ1v) is 11.4. The fraction of sp³-hybridized carbons (Fsp3) is 0.462. The zero-order chi connectivity index (χ0) is 22.5. The van der Waals surface area contributed by atoms with Crippen molar-refractivity contribution in [2.75, 3.05) is 6.61 Å². The molecule has 2 aliphatic carbocycles. The largest absolute Gasteiger partial charge is 0.493 e. The predicted octanol–water partition coefficient (Wildman–Crippen LogP) is 5.03. The molecule has 1 aliphatic heterocycles. The van der Waals surface area contributed by atoms with Crippen LogP contribution in [0.1, 0.15) is 60.5 Å². The maximum Gasteiger partial charge on any atom is 0.338 e. The maximum absolute atomic E-state index is 11.5. The summed E-state index contributed by atoms with van der Waals surface area (Å²) in [5.74, 6) is 0.493. The van der Waals surface area contributed by atoms with Crippen molar-refractivity contribution in [1.82, 2.24) is 0 Å². The van der Waals surface area contributed by atoms with E-state index in [4.69, 9.17) is 19.3 Å². The molecular formula is C26H30O6. The van der Waals surface area contributed by atoms with Crippen LogP contribution in [0.3, 0.4) is 0 Å². The lowest BCUT2D eigenvalue weighted by molar-refractivity contribution is -0.141. The van der Waals surface area contributed by atoms with Gasteiger partial charge in [0, 0.05) is 5.56 Å². The average molecular weight is 439 g/mol. The van der Waals surface area contributed by atoms with Crippen molar-refractivity contribution < 1.29 is 28.9 Å². The molecule has 2 aromatic carbocycles. The van der Waals surface area contributed by atoms with Crippen molar-refractivity contribution in [3.8, 4) is 11.5 Å². The molecule has 2 saturated carbocycles. The van der Waals surface area contributed by atoms with Gasteiger partial charge in [-0.3, -0.25) is 4.79 Å². The first-order chi connectivity index (χ1) is 15.5. The van der Waals surface area contributed by atoms with Crippen molar-refractivity contribution in [2.45, 2.75) is 58.2 Å². The second-order valence-corrected chi connectivity index (χ2v) is 8.93. The number of esters is 1. The summed E-state index contributed by atoms with van der Waals surface area (Å²) in [6.07, 6.45) is 6.98. The van der Waals surface area contributed by atoms with E-state index >= 15 is 0 Å². The van der Waals surface area contributed by atoms with Gasteiger partial charge in [0.15, 0.2) is 0 Å². The fourth-order valence-electron chi connectivity index (χ4n) is 3.70. The minimum Gasteiger partial charge on any atom is -0.493 e. The maximum atomic E-state index is 11.5.